The molecule has 0 saturated carbocycles. The Hall–Kier alpha value is -2.97. The molecule has 5 nitrogen and oxygen atoms in total. The van der Waals surface area contributed by atoms with Gasteiger partial charge in [-0.3, -0.25) is 4.98 Å². The molecule has 2 aromatic carbocycles. The lowest BCUT2D eigenvalue weighted by Gasteiger charge is -2.15. The molecule has 126 valence electrons. The number of ether oxygens (including phenoxy) is 1. The number of fused-ring (bicyclic) bond motifs is 1. The lowest BCUT2D eigenvalue weighted by molar-refractivity contribution is 0.342. The van der Waals surface area contributed by atoms with Crippen molar-refractivity contribution in [1.29, 1.82) is 5.26 Å². The van der Waals surface area contributed by atoms with Crippen LogP contribution in [0.4, 0.5) is 17.1 Å². The maximum Gasteiger partial charge on any atom is 0.144 e. The Balaban J connectivity index is 2.23. The van der Waals surface area contributed by atoms with E-state index in [1.54, 1.807) is 31.2 Å². The predicted octanol–water partition coefficient (Wildman–Crippen LogP) is 4.79. The highest BCUT2D eigenvalue weighted by molar-refractivity contribution is 6.30. The summed E-state index contributed by atoms with van der Waals surface area (Å²) in [6, 6.07) is 13.1. The molecule has 0 saturated heterocycles. The molecule has 1 aromatic heterocycles. The van der Waals surface area contributed by atoms with E-state index >= 15 is 0 Å². The Bertz CT molecular complexity index is 995. The molecule has 0 aliphatic heterocycles. The molecule has 3 rings (SSSR count). The van der Waals surface area contributed by atoms with Gasteiger partial charge in [0.2, 0.25) is 0 Å². The molecule has 6 heteroatoms. The van der Waals surface area contributed by atoms with Gasteiger partial charge in [-0.1, -0.05) is 17.7 Å². The van der Waals surface area contributed by atoms with Crippen LogP contribution in [0.3, 0.4) is 0 Å². The average Bonchev–Trinajstić information content (AvgIpc) is 2.57. The van der Waals surface area contributed by atoms with Gasteiger partial charge in [0.05, 0.1) is 34.8 Å². The molecule has 0 unspecified atom stereocenters. The number of anilines is 3. The molecule has 0 spiro atoms. The molecule has 1 heterocycles. The fourth-order valence-electron chi connectivity index (χ4n) is 2.69. The number of aromatic nitrogens is 1. The van der Waals surface area contributed by atoms with Gasteiger partial charge in [-0.15, -0.1) is 0 Å². The highest BCUT2D eigenvalue weighted by atomic mass is 35.5. The number of hydrogen-bond acceptors (Lipinski definition) is 5. The Labute approximate surface area is 151 Å². The second-order valence-electron chi connectivity index (χ2n) is 5.53. The van der Waals surface area contributed by atoms with E-state index in [-0.39, 0.29) is 0 Å². The van der Waals surface area contributed by atoms with Gasteiger partial charge < -0.3 is 15.8 Å². The van der Waals surface area contributed by atoms with Gasteiger partial charge in [-0.2, -0.15) is 5.26 Å². The third kappa shape index (κ3) is 3.30. The first-order chi connectivity index (χ1) is 12.0. The molecule has 25 heavy (non-hydrogen) atoms. The number of rotatable bonds is 4. The highest BCUT2D eigenvalue weighted by Crippen LogP contribution is 2.36. The number of nitrogens with zero attached hydrogens (tertiary/aromatic N) is 2. The van der Waals surface area contributed by atoms with Crippen LogP contribution in [0.2, 0.25) is 5.02 Å². The lowest BCUT2D eigenvalue weighted by Crippen LogP contribution is -2.02. The second kappa shape index (κ2) is 6.88. The minimum atomic E-state index is 0.469. The number of nitrogens with one attached hydrogen (secondary N) is 1. The van der Waals surface area contributed by atoms with Crippen LogP contribution in [0, 0.1) is 18.3 Å². The van der Waals surface area contributed by atoms with Crippen molar-refractivity contribution in [3.8, 4) is 11.8 Å². The van der Waals surface area contributed by atoms with Crippen molar-refractivity contribution >= 4 is 39.6 Å². The number of benzene rings is 2. The van der Waals surface area contributed by atoms with Crippen LogP contribution in [0.5, 0.6) is 5.75 Å². The Morgan fingerprint density at radius 1 is 1.32 bits per heavy atom. The van der Waals surface area contributed by atoms with E-state index in [9.17, 15) is 5.26 Å². The quantitative estimate of drug-likeness (QED) is 0.659. The number of nitrogen functional groups attached to an aromatic ring is 1. The summed E-state index contributed by atoms with van der Waals surface area (Å²) in [6.07, 6.45) is 0. The SMILES string of the molecule is CCOc1cc2nc(C)c(C#N)c(Nc3cccc(Cl)c3)c2cc1N. The molecule has 3 N–H and O–H groups in total. The summed E-state index contributed by atoms with van der Waals surface area (Å²) < 4.78 is 5.55. The van der Waals surface area contributed by atoms with Crippen LogP contribution in [0.15, 0.2) is 36.4 Å². The van der Waals surface area contributed by atoms with Crippen molar-refractivity contribution in [2.45, 2.75) is 13.8 Å². The average molecular weight is 353 g/mol. The van der Waals surface area contributed by atoms with Crippen LogP contribution >= 0.6 is 11.6 Å². The van der Waals surface area contributed by atoms with Gasteiger partial charge in [0, 0.05) is 22.2 Å². The van der Waals surface area contributed by atoms with Crippen LogP contribution in [-0.2, 0) is 0 Å². The highest BCUT2D eigenvalue weighted by Gasteiger charge is 2.15. The summed E-state index contributed by atoms with van der Waals surface area (Å²) in [5.41, 5.74) is 9.84. The normalized spacial score (nSPS) is 10.5. The van der Waals surface area contributed by atoms with Crippen molar-refractivity contribution in [2.75, 3.05) is 17.7 Å². The molecular weight excluding hydrogens is 336 g/mol. The summed E-state index contributed by atoms with van der Waals surface area (Å²) >= 11 is 6.06. The van der Waals surface area contributed by atoms with E-state index in [1.165, 1.54) is 0 Å². The fourth-order valence-corrected chi connectivity index (χ4v) is 2.88. The van der Waals surface area contributed by atoms with Gasteiger partial charge >= 0.3 is 0 Å². The molecule has 0 atom stereocenters. The monoisotopic (exact) mass is 352 g/mol. The summed E-state index contributed by atoms with van der Waals surface area (Å²) in [7, 11) is 0. The van der Waals surface area contributed by atoms with Gasteiger partial charge in [0.1, 0.15) is 11.8 Å². The Morgan fingerprint density at radius 2 is 2.12 bits per heavy atom. The molecule has 3 aromatic rings. The van der Waals surface area contributed by atoms with Crippen molar-refractivity contribution in [3.63, 3.8) is 0 Å². The predicted molar refractivity (Wildman–Crippen MR) is 102 cm³/mol. The summed E-state index contributed by atoms with van der Waals surface area (Å²) in [5.74, 6) is 0.584. The maximum absolute atomic E-state index is 9.59. The zero-order valence-corrected chi connectivity index (χ0v) is 14.7. The summed E-state index contributed by atoms with van der Waals surface area (Å²) in [5, 5.41) is 14.2. The van der Waals surface area contributed by atoms with E-state index in [0.29, 0.717) is 45.5 Å². The van der Waals surface area contributed by atoms with Gasteiger partial charge in [-0.25, -0.2) is 0 Å². The van der Waals surface area contributed by atoms with Gasteiger partial charge in [0.15, 0.2) is 0 Å². The topological polar surface area (TPSA) is 84.0 Å². The van der Waals surface area contributed by atoms with E-state index in [0.717, 1.165) is 11.1 Å². The zero-order chi connectivity index (χ0) is 18.0. The summed E-state index contributed by atoms with van der Waals surface area (Å²) in [6.45, 7) is 4.21. The number of hydrogen-bond donors (Lipinski definition) is 2. The van der Waals surface area contributed by atoms with Gasteiger partial charge in [0.25, 0.3) is 0 Å². The molecule has 0 aliphatic carbocycles. The molecule has 0 bridgehead atoms. The minimum Gasteiger partial charge on any atom is -0.492 e. The Morgan fingerprint density at radius 3 is 2.80 bits per heavy atom. The number of aryl methyl sites for hydroxylation is 1. The zero-order valence-electron chi connectivity index (χ0n) is 13.9. The summed E-state index contributed by atoms with van der Waals surface area (Å²) in [4.78, 5) is 4.53. The first-order valence-electron chi connectivity index (χ1n) is 7.82. The second-order valence-corrected chi connectivity index (χ2v) is 5.97. The largest absolute Gasteiger partial charge is 0.492 e. The molecule has 0 radical (unpaired) electrons. The van der Waals surface area contributed by atoms with Crippen LogP contribution < -0.4 is 15.8 Å². The van der Waals surface area contributed by atoms with Crippen LogP contribution in [0.25, 0.3) is 10.9 Å². The smallest absolute Gasteiger partial charge is 0.144 e. The van der Waals surface area contributed by atoms with E-state index in [2.05, 4.69) is 16.4 Å². The van der Waals surface area contributed by atoms with Crippen molar-refractivity contribution in [2.24, 2.45) is 0 Å². The first kappa shape index (κ1) is 16.9. The maximum atomic E-state index is 9.59. The molecule has 0 fully saturated rings. The standard InChI is InChI=1S/C19H17ClN4O/c1-3-25-18-9-17-14(8-16(18)22)19(15(10-21)11(2)23-17)24-13-6-4-5-12(20)7-13/h4-9H,3,22H2,1-2H3,(H,23,24). The Kier molecular flexibility index (Phi) is 4.64. The third-order valence-electron chi connectivity index (χ3n) is 3.80. The van der Waals surface area contributed by atoms with E-state index in [4.69, 9.17) is 22.1 Å². The number of pyridine rings is 1. The number of nitrogens with two attached hydrogens (primary N) is 1. The van der Waals surface area contributed by atoms with Crippen molar-refractivity contribution < 1.29 is 4.74 Å². The van der Waals surface area contributed by atoms with Gasteiger partial charge in [-0.05, 0) is 38.1 Å². The molecular formula is C19H17ClN4O. The third-order valence-corrected chi connectivity index (χ3v) is 4.04. The number of halogens is 1. The van der Waals surface area contributed by atoms with E-state index in [1.807, 2.05) is 19.1 Å². The van der Waals surface area contributed by atoms with Crippen molar-refractivity contribution in [3.05, 3.63) is 52.7 Å². The van der Waals surface area contributed by atoms with Crippen molar-refractivity contribution in [1.82, 2.24) is 4.98 Å². The van der Waals surface area contributed by atoms with Crippen LogP contribution in [0.1, 0.15) is 18.2 Å². The van der Waals surface area contributed by atoms with Crippen LogP contribution in [-0.4, -0.2) is 11.6 Å². The fraction of sp³-hybridized carbons (Fsp3) is 0.158. The molecule has 0 amide bonds. The lowest BCUT2D eigenvalue weighted by atomic mass is 10.1. The number of nitriles is 1. The minimum absolute atomic E-state index is 0.469. The first-order valence-corrected chi connectivity index (χ1v) is 8.20. The van der Waals surface area contributed by atoms with E-state index < -0.39 is 0 Å². The molecule has 0 aliphatic rings.